The molecule has 1 heterocycles. The van der Waals surface area contributed by atoms with Gasteiger partial charge in [0, 0.05) is 11.1 Å². The first kappa shape index (κ1) is 21.5. The lowest BCUT2D eigenvalue weighted by atomic mass is 9.95. The van der Waals surface area contributed by atoms with Gasteiger partial charge in [0.1, 0.15) is 5.56 Å². The Hall–Kier alpha value is -3.74. The molecule has 4 rings (SSSR count). The van der Waals surface area contributed by atoms with Gasteiger partial charge >= 0.3 is 0 Å². The summed E-state index contributed by atoms with van der Waals surface area (Å²) in [7, 11) is 0. The number of amides is 1. The Kier molecular flexibility index (Phi) is 6.44. The second-order valence-corrected chi connectivity index (χ2v) is 7.57. The molecule has 0 saturated heterocycles. The average Bonchev–Trinajstić information content (AvgIpc) is 2.82. The predicted octanol–water partition coefficient (Wildman–Crippen LogP) is 5.17. The van der Waals surface area contributed by atoms with E-state index >= 15 is 0 Å². The predicted molar refractivity (Wildman–Crippen MR) is 127 cm³/mol. The number of rotatable bonds is 5. The average molecular weight is 463 g/mol. The highest BCUT2D eigenvalue weighted by atomic mass is 35.5. The maximum Gasteiger partial charge on any atom is 0.277 e. The van der Waals surface area contributed by atoms with E-state index in [1.807, 2.05) is 60.7 Å². The number of carbonyl (C=O) groups excluding carboxylic acids is 1. The largest absolute Gasteiger partial charge is 0.277 e. The lowest BCUT2D eigenvalue weighted by Gasteiger charge is -2.12. The van der Waals surface area contributed by atoms with E-state index in [-0.39, 0.29) is 5.56 Å². The van der Waals surface area contributed by atoms with Gasteiger partial charge in [0.2, 0.25) is 0 Å². The van der Waals surface area contributed by atoms with Crippen LogP contribution in [0.4, 0.5) is 0 Å². The van der Waals surface area contributed by atoms with Crippen LogP contribution in [0.25, 0.3) is 22.4 Å². The van der Waals surface area contributed by atoms with Gasteiger partial charge in [0.15, 0.2) is 0 Å². The Morgan fingerprint density at radius 1 is 0.906 bits per heavy atom. The van der Waals surface area contributed by atoms with Crippen molar-refractivity contribution in [3.8, 4) is 22.4 Å². The minimum atomic E-state index is -0.666. The van der Waals surface area contributed by atoms with Crippen molar-refractivity contribution < 1.29 is 4.79 Å². The van der Waals surface area contributed by atoms with Crippen LogP contribution in [0, 0.1) is 0 Å². The quantitative estimate of drug-likeness (QED) is 0.316. The van der Waals surface area contributed by atoms with E-state index in [9.17, 15) is 9.59 Å². The molecule has 0 aliphatic rings. The number of nitrogens with one attached hydrogen (secondary N) is 2. The lowest BCUT2D eigenvalue weighted by molar-refractivity contribution is 0.0954. The van der Waals surface area contributed by atoms with Gasteiger partial charge in [-0.05, 0) is 23.3 Å². The van der Waals surface area contributed by atoms with E-state index in [0.717, 1.165) is 5.56 Å². The van der Waals surface area contributed by atoms with Gasteiger partial charge in [-0.25, -0.2) is 10.5 Å². The van der Waals surface area contributed by atoms with Crippen molar-refractivity contribution in [1.29, 1.82) is 0 Å². The molecule has 0 spiro atoms. The SMILES string of the molecule is O=C(N/N=C/c1ccc(Cl)c(Cl)c1)c1c(-c2ccccc2)c(-c2ccccc2)n[nH]c1=O. The van der Waals surface area contributed by atoms with Gasteiger partial charge in [-0.3, -0.25) is 9.59 Å². The van der Waals surface area contributed by atoms with E-state index in [4.69, 9.17) is 23.2 Å². The normalized spacial score (nSPS) is 10.9. The minimum Gasteiger partial charge on any atom is -0.267 e. The molecule has 3 aromatic carbocycles. The van der Waals surface area contributed by atoms with Gasteiger partial charge in [-0.2, -0.15) is 10.2 Å². The first-order chi connectivity index (χ1) is 15.5. The van der Waals surface area contributed by atoms with E-state index < -0.39 is 11.5 Å². The molecular weight excluding hydrogens is 447 g/mol. The monoisotopic (exact) mass is 462 g/mol. The summed E-state index contributed by atoms with van der Waals surface area (Å²) in [6, 6.07) is 23.4. The first-order valence-corrected chi connectivity index (χ1v) is 10.3. The molecule has 8 heteroatoms. The fourth-order valence-electron chi connectivity index (χ4n) is 3.17. The number of halogens is 2. The molecular formula is C24H16Cl2N4O2. The fraction of sp³-hybridized carbons (Fsp3) is 0. The summed E-state index contributed by atoms with van der Waals surface area (Å²) in [5, 5.41) is 11.4. The number of carbonyl (C=O) groups is 1. The Morgan fingerprint density at radius 3 is 2.22 bits per heavy atom. The van der Waals surface area contributed by atoms with Crippen molar-refractivity contribution in [2.75, 3.05) is 0 Å². The van der Waals surface area contributed by atoms with Gasteiger partial charge in [0.25, 0.3) is 11.5 Å². The molecule has 0 bridgehead atoms. The Balaban J connectivity index is 1.76. The number of hydrazone groups is 1. The minimum absolute atomic E-state index is 0.0867. The molecule has 0 fully saturated rings. The highest BCUT2D eigenvalue weighted by Gasteiger charge is 2.22. The molecule has 0 aliphatic carbocycles. The zero-order chi connectivity index (χ0) is 22.5. The maximum absolute atomic E-state index is 13.0. The van der Waals surface area contributed by atoms with Crippen LogP contribution in [0.3, 0.4) is 0 Å². The topological polar surface area (TPSA) is 87.2 Å². The molecule has 0 radical (unpaired) electrons. The van der Waals surface area contributed by atoms with Crippen molar-refractivity contribution in [2.24, 2.45) is 5.10 Å². The van der Waals surface area contributed by atoms with E-state index in [1.54, 1.807) is 18.2 Å². The highest BCUT2D eigenvalue weighted by molar-refractivity contribution is 6.42. The van der Waals surface area contributed by atoms with Gasteiger partial charge in [-0.15, -0.1) is 0 Å². The lowest BCUT2D eigenvalue weighted by Crippen LogP contribution is -2.28. The van der Waals surface area contributed by atoms with Crippen molar-refractivity contribution in [3.05, 3.63) is 110 Å². The molecule has 2 N–H and O–H groups in total. The molecule has 0 aliphatic heterocycles. The van der Waals surface area contributed by atoms with Crippen molar-refractivity contribution >= 4 is 35.3 Å². The second kappa shape index (κ2) is 9.60. The third-order valence-corrected chi connectivity index (χ3v) is 5.38. The van der Waals surface area contributed by atoms with Crippen LogP contribution >= 0.6 is 23.2 Å². The third kappa shape index (κ3) is 4.61. The number of hydrogen-bond donors (Lipinski definition) is 2. The van der Waals surface area contributed by atoms with Gasteiger partial charge in [-0.1, -0.05) is 89.9 Å². The molecule has 158 valence electrons. The zero-order valence-electron chi connectivity index (χ0n) is 16.5. The molecule has 1 amide bonds. The molecule has 0 atom stereocenters. The first-order valence-electron chi connectivity index (χ1n) is 9.56. The summed E-state index contributed by atoms with van der Waals surface area (Å²) in [5.74, 6) is -0.666. The summed E-state index contributed by atoms with van der Waals surface area (Å²) in [6.45, 7) is 0. The number of hydrogen-bond acceptors (Lipinski definition) is 4. The fourth-order valence-corrected chi connectivity index (χ4v) is 3.48. The van der Waals surface area contributed by atoms with Crippen LogP contribution < -0.4 is 11.0 Å². The number of nitrogens with zero attached hydrogens (tertiary/aromatic N) is 2. The molecule has 32 heavy (non-hydrogen) atoms. The summed E-state index contributed by atoms with van der Waals surface area (Å²) in [4.78, 5) is 25.7. The number of aromatic nitrogens is 2. The van der Waals surface area contributed by atoms with Crippen LogP contribution in [-0.4, -0.2) is 22.3 Å². The third-order valence-electron chi connectivity index (χ3n) is 4.64. The van der Waals surface area contributed by atoms with Crippen LogP contribution in [0.5, 0.6) is 0 Å². The van der Waals surface area contributed by atoms with Gasteiger partial charge < -0.3 is 0 Å². The molecule has 1 aromatic heterocycles. The van der Waals surface area contributed by atoms with Crippen LogP contribution in [0.1, 0.15) is 15.9 Å². The molecule has 0 saturated carbocycles. The number of aromatic amines is 1. The summed E-state index contributed by atoms with van der Waals surface area (Å²) < 4.78 is 0. The number of benzene rings is 3. The molecule has 4 aromatic rings. The van der Waals surface area contributed by atoms with Crippen LogP contribution in [0.15, 0.2) is 88.8 Å². The van der Waals surface area contributed by atoms with E-state index in [0.29, 0.717) is 32.4 Å². The summed E-state index contributed by atoms with van der Waals surface area (Å²) in [5.41, 5.74) is 4.69. The summed E-state index contributed by atoms with van der Waals surface area (Å²) >= 11 is 11.9. The van der Waals surface area contributed by atoms with Crippen LogP contribution in [-0.2, 0) is 0 Å². The van der Waals surface area contributed by atoms with Crippen molar-refractivity contribution in [1.82, 2.24) is 15.6 Å². The van der Waals surface area contributed by atoms with Crippen molar-refractivity contribution in [2.45, 2.75) is 0 Å². The smallest absolute Gasteiger partial charge is 0.267 e. The van der Waals surface area contributed by atoms with E-state index in [1.165, 1.54) is 6.21 Å². The maximum atomic E-state index is 13.0. The van der Waals surface area contributed by atoms with Crippen molar-refractivity contribution in [3.63, 3.8) is 0 Å². The Bertz CT molecular complexity index is 1350. The Labute approximate surface area is 193 Å². The Morgan fingerprint density at radius 2 is 1.56 bits per heavy atom. The zero-order valence-corrected chi connectivity index (χ0v) is 18.1. The van der Waals surface area contributed by atoms with Crippen LogP contribution in [0.2, 0.25) is 10.0 Å². The number of H-pyrrole nitrogens is 1. The molecule has 6 nitrogen and oxygen atoms in total. The summed E-state index contributed by atoms with van der Waals surface area (Å²) in [6.07, 6.45) is 1.41. The molecule has 0 unspecified atom stereocenters. The van der Waals surface area contributed by atoms with Gasteiger partial charge in [0.05, 0.1) is 22.0 Å². The highest BCUT2D eigenvalue weighted by Crippen LogP contribution is 2.31. The van der Waals surface area contributed by atoms with E-state index in [2.05, 4.69) is 20.7 Å². The standard InChI is InChI=1S/C24H16Cl2N4O2/c25-18-12-11-15(13-19(18)26)14-27-29-23(31)21-20(16-7-3-1-4-8-16)22(28-30-24(21)32)17-9-5-2-6-10-17/h1-14H,(H,29,31)(H,30,32)/b27-14+. The second-order valence-electron chi connectivity index (χ2n) is 6.76.